The SMILES string of the molecule is c1cnc(-c2cnc(CNC3CCCC3)[nH]2)cn1. The van der Waals surface area contributed by atoms with Crippen molar-refractivity contribution >= 4 is 0 Å². The van der Waals surface area contributed by atoms with Crippen LogP contribution in [0.5, 0.6) is 0 Å². The number of rotatable bonds is 4. The van der Waals surface area contributed by atoms with Gasteiger partial charge in [0.15, 0.2) is 0 Å². The maximum Gasteiger partial charge on any atom is 0.120 e. The first-order chi connectivity index (χ1) is 8.92. The standard InChI is InChI=1S/C13H17N5/c1-2-4-10(3-1)16-9-13-17-8-12(18-13)11-7-14-5-6-15-11/h5-8,10,16H,1-4,9H2,(H,17,18). The monoisotopic (exact) mass is 243 g/mol. The third-order valence-corrected chi connectivity index (χ3v) is 3.38. The number of imidazole rings is 1. The minimum Gasteiger partial charge on any atom is -0.340 e. The zero-order valence-corrected chi connectivity index (χ0v) is 10.3. The second-order valence-electron chi connectivity index (χ2n) is 4.70. The molecule has 2 aromatic heterocycles. The van der Waals surface area contributed by atoms with E-state index in [2.05, 4.69) is 25.3 Å². The molecule has 0 radical (unpaired) electrons. The second kappa shape index (κ2) is 5.27. The molecule has 0 unspecified atom stereocenters. The molecule has 5 nitrogen and oxygen atoms in total. The lowest BCUT2D eigenvalue weighted by atomic mass is 10.2. The summed E-state index contributed by atoms with van der Waals surface area (Å²) in [6.07, 6.45) is 12.2. The maximum absolute atomic E-state index is 4.37. The summed E-state index contributed by atoms with van der Waals surface area (Å²) in [6, 6.07) is 0.662. The van der Waals surface area contributed by atoms with Crippen molar-refractivity contribution in [2.75, 3.05) is 0 Å². The van der Waals surface area contributed by atoms with E-state index >= 15 is 0 Å². The number of aromatic nitrogens is 4. The molecule has 2 N–H and O–H groups in total. The summed E-state index contributed by atoms with van der Waals surface area (Å²) >= 11 is 0. The molecule has 2 aromatic rings. The van der Waals surface area contributed by atoms with Crippen LogP contribution in [-0.4, -0.2) is 26.0 Å². The van der Waals surface area contributed by atoms with Crippen molar-refractivity contribution in [3.05, 3.63) is 30.6 Å². The molecule has 0 saturated heterocycles. The molecular weight excluding hydrogens is 226 g/mol. The Labute approximate surface area is 106 Å². The molecule has 18 heavy (non-hydrogen) atoms. The van der Waals surface area contributed by atoms with E-state index in [0.717, 1.165) is 23.8 Å². The van der Waals surface area contributed by atoms with E-state index in [1.807, 2.05) is 6.20 Å². The first kappa shape index (κ1) is 11.3. The van der Waals surface area contributed by atoms with E-state index < -0.39 is 0 Å². The molecule has 0 aliphatic heterocycles. The van der Waals surface area contributed by atoms with E-state index in [0.29, 0.717) is 6.04 Å². The highest BCUT2D eigenvalue weighted by Crippen LogP contribution is 2.18. The maximum atomic E-state index is 4.37. The average Bonchev–Trinajstić information content (AvgIpc) is 3.09. The minimum absolute atomic E-state index is 0.662. The summed E-state index contributed by atoms with van der Waals surface area (Å²) in [7, 11) is 0. The van der Waals surface area contributed by atoms with Crippen LogP contribution in [-0.2, 0) is 6.54 Å². The highest BCUT2D eigenvalue weighted by atomic mass is 15.0. The Balaban J connectivity index is 1.63. The fourth-order valence-corrected chi connectivity index (χ4v) is 2.39. The van der Waals surface area contributed by atoms with Crippen molar-refractivity contribution < 1.29 is 0 Å². The van der Waals surface area contributed by atoms with Gasteiger partial charge in [-0.2, -0.15) is 0 Å². The summed E-state index contributed by atoms with van der Waals surface area (Å²) in [5.74, 6) is 0.961. The Morgan fingerprint density at radius 2 is 2.06 bits per heavy atom. The Morgan fingerprint density at radius 1 is 1.17 bits per heavy atom. The van der Waals surface area contributed by atoms with Gasteiger partial charge in [-0.15, -0.1) is 0 Å². The predicted molar refractivity (Wildman–Crippen MR) is 68.7 cm³/mol. The van der Waals surface area contributed by atoms with E-state index in [1.165, 1.54) is 25.7 Å². The molecule has 0 spiro atoms. The number of aromatic amines is 1. The molecular formula is C13H17N5. The molecule has 3 rings (SSSR count). The third kappa shape index (κ3) is 2.56. The summed E-state index contributed by atoms with van der Waals surface area (Å²) in [5, 5.41) is 3.53. The average molecular weight is 243 g/mol. The molecule has 5 heteroatoms. The van der Waals surface area contributed by atoms with Gasteiger partial charge in [0.05, 0.1) is 24.6 Å². The fraction of sp³-hybridized carbons (Fsp3) is 0.462. The van der Waals surface area contributed by atoms with Crippen molar-refractivity contribution in [2.24, 2.45) is 0 Å². The number of hydrogen-bond acceptors (Lipinski definition) is 4. The Bertz CT molecular complexity index is 487. The van der Waals surface area contributed by atoms with Gasteiger partial charge in [0.1, 0.15) is 11.5 Å². The first-order valence-corrected chi connectivity index (χ1v) is 6.45. The quantitative estimate of drug-likeness (QED) is 0.860. The van der Waals surface area contributed by atoms with Gasteiger partial charge in [-0.25, -0.2) is 4.98 Å². The predicted octanol–water partition coefficient (Wildman–Crippen LogP) is 1.90. The molecule has 2 heterocycles. The van der Waals surface area contributed by atoms with Crippen LogP contribution in [0.2, 0.25) is 0 Å². The Kier molecular flexibility index (Phi) is 3.32. The third-order valence-electron chi connectivity index (χ3n) is 3.38. The largest absolute Gasteiger partial charge is 0.340 e. The van der Waals surface area contributed by atoms with Crippen LogP contribution < -0.4 is 5.32 Å². The smallest absolute Gasteiger partial charge is 0.120 e. The number of H-pyrrole nitrogens is 1. The molecule has 1 fully saturated rings. The minimum atomic E-state index is 0.662. The molecule has 1 aliphatic carbocycles. The van der Waals surface area contributed by atoms with Gasteiger partial charge < -0.3 is 10.3 Å². The van der Waals surface area contributed by atoms with Crippen LogP contribution in [0.15, 0.2) is 24.8 Å². The molecule has 0 atom stereocenters. The Morgan fingerprint density at radius 3 is 2.83 bits per heavy atom. The summed E-state index contributed by atoms with van der Waals surface area (Å²) in [6.45, 7) is 0.797. The molecule has 0 bridgehead atoms. The lowest BCUT2D eigenvalue weighted by molar-refractivity contribution is 0.515. The van der Waals surface area contributed by atoms with Gasteiger partial charge in [0, 0.05) is 18.4 Å². The number of nitrogens with zero attached hydrogens (tertiary/aromatic N) is 3. The topological polar surface area (TPSA) is 66.5 Å². The lowest BCUT2D eigenvalue weighted by Crippen LogP contribution is -2.25. The highest BCUT2D eigenvalue weighted by molar-refractivity contribution is 5.51. The molecule has 0 amide bonds. The van der Waals surface area contributed by atoms with Crippen LogP contribution in [0.4, 0.5) is 0 Å². The van der Waals surface area contributed by atoms with E-state index in [4.69, 9.17) is 0 Å². The van der Waals surface area contributed by atoms with Crippen molar-refractivity contribution in [2.45, 2.75) is 38.3 Å². The fourth-order valence-electron chi connectivity index (χ4n) is 2.39. The summed E-state index contributed by atoms with van der Waals surface area (Å²) in [5.41, 5.74) is 1.75. The van der Waals surface area contributed by atoms with Crippen molar-refractivity contribution in [3.63, 3.8) is 0 Å². The zero-order chi connectivity index (χ0) is 12.2. The summed E-state index contributed by atoms with van der Waals surface area (Å²) in [4.78, 5) is 15.9. The van der Waals surface area contributed by atoms with Crippen molar-refractivity contribution in [1.82, 2.24) is 25.3 Å². The number of nitrogens with one attached hydrogen (secondary N) is 2. The van der Waals surface area contributed by atoms with E-state index in [-0.39, 0.29) is 0 Å². The van der Waals surface area contributed by atoms with E-state index in [9.17, 15) is 0 Å². The zero-order valence-electron chi connectivity index (χ0n) is 10.3. The second-order valence-corrected chi connectivity index (χ2v) is 4.70. The normalized spacial score (nSPS) is 16.2. The molecule has 1 aliphatic rings. The molecule has 94 valence electrons. The van der Waals surface area contributed by atoms with Gasteiger partial charge in [0.25, 0.3) is 0 Å². The van der Waals surface area contributed by atoms with Gasteiger partial charge in [0.2, 0.25) is 0 Å². The van der Waals surface area contributed by atoms with Gasteiger partial charge >= 0.3 is 0 Å². The Hall–Kier alpha value is -1.75. The van der Waals surface area contributed by atoms with Gasteiger partial charge in [-0.05, 0) is 12.8 Å². The van der Waals surface area contributed by atoms with Crippen molar-refractivity contribution in [1.29, 1.82) is 0 Å². The lowest BCUT2D eigenvalue weighted by Gasteiger charge is -2.09. The van der Waals surface area contributed by atoms with Crippen LogP contribution in [0.1, 0.15) is 31.5 Å². The summed E-state index contributed by atoms with van der Waals surface area (Å²) < 4.78 is 0. The van der Waals surface area contributed by atoms with Gasteiger partial charge in [-0.1, -0.05) is 12.8 Å². The van der Waals surface area contributed by atoms with Crippen molar-refractivity contribution in [3.8, 4) is 11.4 Å². The van der Waals surface area contributed by atoms with Crippen LogP contribution in [0.25, 0.3) is 11.4 Å². The van der Waals surface area contributed by atoms with E-state index in [1.54, 1.807) is 18.6 Å². The van der Waals surface area contributed by atoms with Crippen LogP contribution >= 0.6 is 0 Å². The van der Waals surface area contributed by atoms with Crippen LogP contribution in [0.3, 0.4) is 0 Å². The number of hydrogen-bond donors (Lipinski definition) is 2. The molecule has 0 aromatic carbocycles. The first-order valence-electron chi connectivity index (χ1n) is 6.45. The van der Waals surface area contributed by atoms with Crippen LogP contribution in [0, 0.1) is 0 Å². The van der Waals surface area contributed by atoms with Gasteiger partial charge in [-0.3, -0.25) is 9.97 Å². The highest BCUT2D eigenvalue weighted by Gasteiger charge is 2.14. The molecule has 1 saturated carbocycles.